The molecule has 0 aromatic carbocycles. The predicted molar refractivity (Wildman–Crippen MR) is 110 cm³/mol. The molecule has 6 nitrogen and oxygen atoms in total. The first-order chi connectivity index (χ1) is 14.8. The number of aromatic nitrogens is 2. The summed E-state index contributed by atoms with van der Waals surface area (Å²) in [5.74, 6) is 0.0332. The fourth-order valence-corrected chi connectivity index (χ4v) is 4.24. The molecule has 2 aliphatic rings. The van der Waals surface area contributed by atoms with E-state index in [-0.39, 0.29) is 17.6 Å². The molecule has 1 aliphatic carbocycles. The summed E-state index contributed by atoms with van der Waals surface area (Å²) in [6, 6.07) is 0. The molecule has 3 heterocycles. The minimum Gasteiger partial charge on any atom is -0.457 e. The van der Waals surface area contributed by atoms with Crippen molar-refractivity contribution >= 4 is 6.29 Å². The summed E-state index contributed by atoms with van der Waals surface area (Å²) in [4.78, 5) is 13.5. The first-order valence-corrected chi connectivity index (χ1v) is 10.8. The average molecular weight is 441 g/mol. The predicted octanol–water partition coefficient (Wildman–Crippen LogP) is 4.46. The highest BCUT2D eigenvalue weighted by molar-refractivity contribution is 5.82. The van der Waals surface area contributed by atoms with Gasteiger partial charge in [-0.15, -0.1) is 0 Å². The Balaban J connectivity index is 0.000000628. The molecule has 9 heteroatoms. The van der Waals surface area contributed by atoms with E-state index in [2.05, 4.69) is 21.7 Å². The Hall–Kier alpha value is -2.13. The number of methoxy groups -OCH3 is 1. The molecular formula is C22H30F3N3O3. The van der Waals surface area contributed by atoms with Gasteiger partial charge in [-0.3, -0.25) is 9.48 Å². The molecule has 2 aromatic rings. The molecule has 0 radical (unpaired) electrons. The van der Waals surface area contributed by atoms with Gasteiger partial charge in [-0.2, -0.15) is 18.3 Å². The SMILES string of the molecule is CCN1CCC(Cn2cc3c(n2)-c2c(oc(C=O)c2C(F)(F)F)CC3)CC1.CCOC. The second kappa shape index (κ2) is 9.99. The van der Waals surface area contributed by atoms with Crippen molar-refractivity contribution in [1.82, 2.24) is 14.7 Å². The quantitative estimate of drug-likeness (QED) is 0.642. The maximum absolute atomic E-state index is 13.5. The number of ether oxygens (including phenoxy) is 1. The smallest absolute Gasteiger partial charge is 0.420 e. The van der Waals surface area contributed by atoms with Crippen molar-refractivity contribution in [1.29, 1.82) is 0 Å². The number of carbonyl (C=O) groups excluding carboxylic acids is 1. The Bertz CT molecular complexity index is 879. The van der Waals surface area contributed by atoms with Crippen molar-refractivity contribution in [2.45, 2.75) is 52.3 Å². The third-order valence-electron chi connectivity index (χ3n) is 5.98. The minimum absolute atomic E-state index is 0.0506. The number of aldehydes is 1. The number of likely N-dealkylation sites (tertiary alicyclic amines) is 1. The highest BCUT2D eigenvalue weighted by Crippen LogP contribution is 2.45. The van der Waals surface area contributed by atoms with E-state index < -0.39 is 17.5 Å². The van der Waals surface area contributed by atoms with Crippen LogP contribution in [0, 0.1) is 5.92 Å². The van der Waals surface area contributed by atoms with Crippen LogP contribution in [0.1, 0.15) is 54.1 Å². The Labute approximate surface area is 180 Å². The van der Waals surface area contributed by atoms with E-state index in [4.69, 9.17) is 4.42 Å². The fourth-order valence-electron chi connectivity index (χ4n) is 4.24. The minimum atomic E-state index is -4.65. The molecule has 0 spiro atoms. The van der Waals surface area contributed by atoms with E-state index in [9.17, 15) is 18.0 Å². The number of alkyl halides is 3. The van der Waals surface area contributed by atoms with Crippen LogP contribution in [-0.4, -0.2) is 54.3 Å². The zero-order valence-corrected chi connectivity index (χ0v) is 18.3. The second-order valence-corrected chi connectivity index (χ2v) is 7.94. The first-order valence-electron chi connectivity index (χ1n) is 10.8. The van der Waals surface area contributed by atoms with Gasteiger partial charge in [0.1, 0.15) is 11.3 Å². The number of piperidine rings is 1. The summed E-state index contributed by atoms with van der Waals surface area (Å²) < 4.78 is 52.2. The molecule has 1 saturated heterocycles. The third kappa shape index (κ3) is 5.20. The van der Waals surface area contributed by atoms with Crippen LogP contribution in [0.15, 0.2) is 10.6 Å². The van der Waals surface area contributed by atoms with E-state index in [0.717, 1.165) is 44.6 Å². The summed E-state index contributed by atoms with van der Waals surface area (Å²) in [5, 5.41) is 4.47. The van der Waals surface area contributed by atoms with Crippen molar-refractivity contribution in [3.8, 4) is 11.3 Å². The van der Waals surface area contributed by atoms with Crippen molar-refractivity contribution in [2.75, 3.05) is 33.4 Å². The standard InChI is InChI=1S/C19H22F3N3O2.C3H8O/c1-2-24-7-5-12(6-8-24)9-25-10-13-3-4-14-16(18(13)23-25)17(19(20,21)22)15(11-26)27-14;1-3-4-2/h10-12H,2-9H2,1H3;3H2,1-2H3. The lowest BCUT2D eigenvalue weighted by Crippen LogP contribution is -2.34. The van der Waals surface area contributed by atoms with Crippen LogP contribution in [0.2, 0.25) is 0 Å². The Morgan fingerprint density at radius 3 is 2.48 bits per heavy atom. The summed E-state index contributed by atoms with van der Waals surface area (Å²) >= 11 is 0. The van der Waals surface area contributed by atoms with Gasteiger partial charge in [0.2, 0.25) is 0 Å². The molecular weight excluding hydrogens is 411 g/mol. The number of aryl methyl sites for hydroxylation is 2. The van der Waals surface area contributed by atoms with Gasteiger partial charge in [-0.1, -0.05) is 6.92 Å². The number of fused-ring (bicyclic) bond motifs is 3. The van der Waals surface area contributed by atoms with Crippen molar-refractivity contribution < 1.29 is 27.1 Å². The maximum Gasteiger partial charge on any atom is 0.420 e. The molecule has 0 N–H and O–H groups in total. The van der Waals surface area contributed by atoms with Crippen LogP contribution in [-0.2, 0) is 30.3 Å². The van der Waals surface area contributed by atoms with Gasteiger partial charge in [0.05, 0.1) is 11.3 Å². The van der Waals surface area contributed by atoms with Gasteiger partial charge in [0, 0.05) is 32.9 Å². The maximum atomic E-state index is 13.5. The number of rotatable bonds is 5. The molecule has 1 fully saturated rings. The largest absolute Gasteiger partial charge is 0.457 e. The Morgan fingerprint density at radius 1 is 1.26 bits per heavy atom. The molecule has 0 saturated carbocycles. The zero-order valence-electron chi connectivity index (χ0n) is 18.3. The van der Waals surface area contributed by atoms with Crippen LogP contribution >= 0.6 is 0 Å². The van der Waals surface area contributed by atoms with Crippen LogP contribution in [0.5, 0.6) is 0 Å². The van der Waals surface area contributed by atoms with Crippen LogP contribution < -0.4 is 0 Å². The lowest BCUT2D eigenvalue weighted by Gasteiger charge is -2.30. The second-order valence-electron chi connectivity index (χ2n) is 7.94. The Morgan fingerprint density at radius 2 is 1.94 bits per heavy atom. The summed E-state index contributed by atoms with van der Waals surface area (Å²) in [5.41, 5.74) is 0.0593. The average Bonchev–Trinajstić information content (AvgIpc) is 3.34. The zero-order chi connectivity index (χ0) is 22.6. The molecule has 1 aliphatic heterocycles. The summed E-state index contributed by atoms with van der Waals surface area (Å²) in [6.45, 7) is 8.78. The number of furan rings is 1. The highest BCUT2D eigenvalue weighted by Gasteiger charge is 2.43. The van der Waals surface area contributed by atoms with E-state index in [1.165, 1.54) is 0 Å². The molecule has 0 atom stereocenters. The number of halogens is 3. The van der Waals surface area contributed by atoms with Gasteiger partial charge >= 0.3 is 6.18 Å². The van der Waals surface area contributed by atoms with Gasteiger partial charge in [-0.05, 0) is 57.3 Å². The number of hydrogen-bond acceptors (Lipinski definition) is 5. The monoisotopic (exact) mass is 441 g/mol. The van der Waals surface area contributed by atoms with Crippen molar-refractivity contribution in [3.63, 3.8) is 0 Å². The van der Waals surface area contributed by atoms with Crippen LogP contribution in [0.25, 0.3) is 11.3 Å². The highest BCUT2D eigenvalue weighted by atomic mass is 19.4. The topological polar surface area (TPSA) is 60.5 Å². The summed E-state index contributed by atoms with van der Waals surface area (Å²) in [7, 11) is 1.68. The number of carbonyl (C=O) groups is 1. The van der Waals surface area contributed by atoms with Gasteiger partial charge < -0.3 is 14.1 Å². The van der Waals surface area contributed by atoms with Crippen molar-refractivity contribution in [2.24, 2.45) is 5.92 Å². The van der Waals surface area contributed by atoms with Crippen LogP contribution in [0.3, 0.4) is 0 Å². The molecule has 4 rings (SSSR count). The van der Waals surface area contributed by atoms with E-state index in [0.29, 0.717) is 31.0 Å². The van der Waals surface area contributed by atoms with Crippen molar-refractivity contribution in [3.05, 3.63) is 28.8 Å². The molecule has 0 amide bonds. The first kappa shape index (κ1) is 23.5. The normalized spacial score (nSPS) is 17.0. The van der Waals surface area contributed by atoms with E-state index in [1.54, 1.807) is 11.8 Å². The molecule has 31 heavy (non-hydrogen) atoms. The molecule has 172 valence electrons. The van der Waals surface area contributed by atoms with Crippen LogP contribution in [0.4, 0.5) is 13.2 Å². The van der Waals surface area contributed by atoms with Gasteiger partial charge in [-0.25, -0.2) is 0 Å². The lowest BCUT2D eigenvalue weighted by atomic mass is 9.93. The lowest BCUT2D eigenvalue weighted by molar-refractivity contribution is -0.137. The third-order valence-corrected chi connectivity index (χ3v) is 5.98. The molecule has 2 aromatic heterocycles. The van der Waals surface area contributed by atoms with Gasteiger partial charge in [0.25, 0.3) is 0 Å². The fraction of sp³-hybridized carbons (Fsp3) is 0.636. The Kier molecular flexibility index (Phi) is 7.59. The summed E-state index contributed by atoms with van der Waals surface area (Å²) in [6.07, 6.45) is 0.395. The molecule has 0 unspecified atom stereocenters. The number of hydrogen-bond donors (Lipinski definition) is 0. The van der Waals surface area contributed by atoms with E-state index in [1.807, 2.05) is 13.1 Å². The molecule has 0 bridgehead atoms. The van der Waals surface area contributed by atoms with E-state index >= 15 is 0 Å². The number of nitrogens with zero attached hydrogens (tertiary/aromatic N) is 3. The van der Waals surface area contributed by atoms with Gasteiger partial charge in [0.15, 0.2) is 12.0 Å².